The lowest BCUT2D eigenvalue weighted by Gasteiger charge is -2.22. The molecule has 0 spiro atoms. The second kappa shape index (κ2) is 11.8. The molecule has 3 fully saturated rings. The van der Waals surface area contributed by atoms with Crippen molar-refractivity contribution in [2.45, 2.75) is 70.0 Å². The predicted molar refractivity (Wildman–Crippen MR) is 145 cm³/mol. The van der Waals surface area contributed by atoms with Gasteiger partial charge < -0.3 is 9.47 Å². The number of hydrogen-bond donors (Lipinski definition) is 0. The molecule has 194 valence electrons. The summed E-state index contributed by atoms with van der Waals surface area (Å²) in [7, 11) is 0. The number of carbonyl (C=O) groups is 3. The summed E-state index contributed by atoms with van der Waals surface area (Å²) in [6, 6.07) is 17.4. The van der Waals surface area contributed by atoms with Gasteiger partial charge in [0.2, 0.25) is 0 Å². The fourth-order valence-corrected chi connectivity index (χ4v) is 6.59. The van der Waals surface area contributed by atoms with Crippen molar-refractivity contribution in [3.05, 3.63) is 70.7 Å². The van der Waals surface area contributed by atoms with Crippen molar-refractivity contribution in [3.63, 3.8) is 0 Å². The summed E-state index contributed by atoms with van der Waals surface area (Å²) in [6.45, 7) is 0. The second-order valence-corrected chi connectivity index (χ2v) is 11.4. The largest absolute Gasteiger partial charge is 0.462 e. The van der Waals surface area contributed by atoms with E-state index in [0.29, 0.717) is 28.8 Å². The van der Waals surface area contributed by atoms with Crippen LogP contribution in [-0.2, 0) is 19.1 Å². The van der Waals surface area contributed by atoms with E-state index in [2.05, 4.69) is 15.9 Å². The maximum absolute atomic E-state index is 13.0. The van der Waals surface area contributed by atoms with Crippen molar-refractivity contribution < 1.29 is 23.9 Å². The minimum absolute atomic E-state index is 0.0702. The SMILES string of the molecule is O=C1C[C@@H]2[C@H](/C=C(\Br)C(=O)CCC3CCCCC3)[C@H](OC(=O)c3ccc(-c4ccccc4)cc3)C[C@@H]2O1. The van der Waals surface area contributed by atoms with Gasteiger partial charge in [0.15, 0.2) is 5.78 Å². The van der Waals surface area contributed by atoms with E-state index in [1.54, 1.807) is 12.1 Å². The summed E-state index contributed by atoms with van der Waals surface area (Å²) in [5.41, 5.74) is 2.58. The summed E-state index contributed by atoms with van der Waals surface area (Å²) in [5, 5.41) is 0. The first-order valence-corrected chi connectivity index (χ1v) is 14.2. The van der Waals surface area contributed by atoms with Crippen molar-refractivity contribution in [3.8, 4) is 11.1 Å². The number of benzene rings is 2. The van der Waals surface area contributed by atoms with E-state index in [9.17, 15) is 14.4 Å². The van der Waals surface area contributed by atoms with E-state index in [1.807, 2.05) is 48.5 Å². The third-order valence-corrected chi connectivity index (χ3v) is 8.85. The Balaban J connectivity index is 1.26. The van der Waals surface area contributed by atoms with E-state index in [-0.39, 0.29) is 36.1 Å². The van der Waals surface area contributed by atoms with Gasteiger partial charge in [-0.2, -0.15) is 0 Å². The van der Waals surface area contributed by atoms with Gasteiger partial charge >= 0.3 is 11.9 Å². The molecule has 3 aliphatic rings. The molecule has 0 unspecified atom stereocenters. The van der Waals surface area contributed by atoms with Gasteiger partial charge in [-0.3, -0.25) is 9.59 Å². The lowest BCUT2D eigenvalue weighted by Crippen LogP contribution is -2.25. The molecule has 0 radical (unpaired) electrons. The number of allylic oxidation sites excluding steroid dienone is 1. The molecule has 0 N–H and O–H groups in total. The predicted octanol–water partition coefficient (Wildman–Crippen LogP) is 7.04. The number of rotatable bonds is 8. The Bertz CT molecular complexity index is 1150. The highest BCUT2D eigenvalue weighted by atomic mass is 79.9. The Kier molecular flexibility index (Phi) is 8.23. The Labute approximate surface area is 226 Å². The molecule has 5 rings (SSSR count). The van der Waals surface area contributed by atoms with Gasteiger partial charge in [0.25, 0.3) is 0 Å². The fourth-order valence-electron chi connectivity index (χ4n) is 6.08. The average Bonchev–Trinajstić information content (AvgIpc) is 3.44. The molecule has 1 saturated heterocycles. The van der Waals surface area contributed by atoms with E-state index in [1.165, 1.54) is 32.1 Å². The van der Waals surface area contributed by atoms with Crippen LogP contribution in [0.1, 0.15) is 68.1 Å². The molecule has 0 aromatic heterocycles. The van der Waals surface area contributed by atoms with Gasteiger partial charge in [-0.15, -0.1) is 0 Å². The monoisotopic (exact) mass is 564 g/mol. The van der Waals surface area contributed by atoms with Crippen LogP contribution in [0.3, 0.4) is 0 Å². The number of ketones is 1. The molecule has 0 amide bonds. The molecule has 5 nitrogen and oxygen atoms in total. The molecule has 6 heteroatoms. The van der Waals surface area contributed by atoms with Crippen LogP contribution in [0.4, 0.5) is 0 Å². The first-order chi connectivity index (χ1) is 18.0. The smallest absolute Gasteiger partial charge is 0.338 e. The van der Waals surface area contributed by atoms with E-state index in [4.69, 9.17) is 9.47 Å². The maximum atomic E-state index is 13.0. The Morgan fingerprint density at radius 1 is 0.973 bits per heavy atom. The number of Topliss-reactive ketones (excluding diaryl/α,β-unsaturated/α-hetero) is 1. The molecule has 4 atom stereocenters. The molecular weight excluding hydrogens is 532 g/mol. The zero-order chi connectivity index (χ0) is 25.8. The number of fused-ring (bicyclic) bond motifs is 1. The zero-order valence-corrected chi connectivity index (χ0v) is 22.5. The Morgan fingerprint density at radius 3 is 2.41 bits per heavy atom. The maximum Gasteiger partial charge on any atom is 0.338 e. The molecule has 2 saturated carbocycles. The van der Waals surface area contributed by atoms with Crippen LogP contribution in [0, 0.1) is 17.8 Å². The topological polar surface area (TPSA) is 69.7 Å². The highest BCUT2D eigenvalue weighted by molar-refractivity contribution is 9.12. The normalized spacial score (nSPS) is 26.0. The van der Waals surface area contributed by atoms with Gasteiger partial charge in [0.05, 0.1) is 16.5 Å². The summed E-state index contributed by atoms with van der Waals surface area (Å²) < 4.78 is 12.0. The van der Waals surface area contributed by atoms with Crippen LogP contribution in [0.2, 0.25) is 0 Å². The van der Waals surface area contributed by atoms with Crippen LogP contribution in [-0.4, -0.2) is 29.9 Å². The Morgan fingerprint density at radius 2 is 1.68 bits per heavy atom. The molecule has 1 heterocycles. The molecular formula is C31H33BrO5. The highest BCUT2D eigenvalue weighted by Crippen LogP contribution is 2.44. The first-order valence-electron chi connectivity index (χ1n) is 13.4. The van der Waals surface area contributed by atoms with Crippen LogP contribution >= 0.6 is 15.9 Å². The van der Waals surface area contributed by atoms with Gasteiger partial charge in [0.1, 0.15) is 12.2 Å². The minimum atomic E-state index is -0.455. The number of hydrogen-bond acceptors (Lipinski definition) is 5. The van der Waals surface area contributed by atoms with Crippen molar-refractivity contribution in [2.75, 3.05) is 0 Å². The number of halogens is 1. The van der Waals surface area contributed by atoms with Gasteiger partial charge in [-0.1, -0.05) is 80.6 Å². The fraction of sp³-hybridized carbons (Fsp3) is 0.452. The quantitative estimate of drug-likeness (QED) is 0.254. The van der Waals surface area contributed by atoms with Crippen LogP contribution in [0.25, 0.3) is 11.1 Å². The third-order valence-electron chi connectivity index (χ3n) is 8.15. The highest BCUT2D eigenvalue weighted by Gasteiger charge is 2.51. The minimum Gasteiger partial charge on any atom is -0.462 e. The van der Waals surface area contributed by atoms with Crippen LogP contribution in [0.5, 0.6) is 0 Å². The second-order valence-electron chi connectivity index (χ2n) is 10.6. The van der Waals surface area contributed by atoms with Gasteiger partial charge in [0, 0.05) is 24.7 Å². The van der Waals surface area contributed by atoms with Crippen LogP contribution in [0.15, 0.2) is 65.2 Å². The van der Waals surface area contributed by atoms with E-state index < -0.39 is 12.1 Å². The summed E-state index contributed by atoms with van der Waals surface area (Å²) >= 11 is 3.50. The van der Waals surface area contributed by atoms with Crippen molar-refractivity contribution in [1.82, 2.24) is 0 Å². The van der Waals surface area contributed by atoms with Crippen molar-refractivity contribution in [1.29, 1.82) is 0 Å². The number of esters is 2. The molecule has 2 aromatic rings. The summed E-state index contributed by atoms with van der Waals surface area (Å²) in [6.07, 6.45) is 9.53. The number of carbonyl (C=O) groups excluding carboxylic acids is 3. The Hall–Kier alpha value is -2.73. The lowest BCUT2D eigenvalue weighted by molar-refractivity contribution is -0.141. The molecule has 1 aliphatic heterocycles. The number of ether oxygens (including phenoxy) is 2. The molecule has 2 aromatic carbocycles. The average molecular weight is 566 g/mol. The molecule has 2 aliphatic carbocycles. The van der Waals surface area contributed by atoms with Crippen LogP contribution < -0.4 is 0 Å². The standard InChI is InChI=1S/C31H33BrO5/c32-26(27(33)16-11-20-7-3-1-4-8-20)17-24-25-18-30(34)36-28(25)19-29(24)37-31(35)23-14-12-22(13-15-23)21-9-5-2-6-10-21/h2,5-6,9-10,12-15,17,20,24-25,28-29H,1,3-4,7-8,11,16,18-19H2/b26-17-/t24-,25+,28-,29+/m0/s1. The lowest BCUT2D eigenvalue weighted by atomic mass is 9.85. The van der Waals surface area contributed by atoms with Gasteiger partial charge in [-0.05, 0) is 51.5 Å². The van der Waals surface area contributed by atoms with E-state index >= 15 is 0 Å². The third kappa shape index (κ3) is 6.23. The molecule has 37 heavy (non-hydrogen) atoms. The van der Waals surface area contributed by atoms with Crippen molar-refractivity contribution >= 4 is 33.7 Å². The summed E-state index contributed by atoms with van der Waals surface area (Å²) in [4.78, 5) is 37.9. The summed E-state index contributed by atoms with van der Waals surface area (Å²) in [5.74, 6) is -0.275. The first kappa shape index (κ1) is 25.9. The van der Waals surface area contributed by atoms with Crippen molar-refractivity contribution in [2.24, 2.45) is 17.8 Å². The molecule has 0 bridgehead atoms. The zero-order valence-electron chi connectivity index (χ0n) is 20.9. The van der Waals surface area contributed by atoms with Gasteiger partial charge in [-0.25, -0.2) is 4.79 Å². The van der Waals surface area contributed by atoms with E-state index in [0.717, 1.165) is 17.5 Å².